The molecule has 4 aliphatic rings. The van der Waals surface area contributed by atoms with Crippen LogP contribution in [0.4, 0.5) is 0 Å². The molecule has 1 saturated carbocycles. The second-order valence-corrected chi connectivity index (χ2v) is 6.78. The molecule has 1 N–H and O–H groups in total. The summed E-state index contributed by atoms with van der Waals surface area (Å²) >= 11 is 0. The molecule has 6 heteroatoms. The molecule has 0 radical (unpaired) electrons. The molecule has 4 rings (SSSR count). The van der Waals surface area contributed by atoms with Crippen LogP contribution in [0, 0.1) is 62.1 Å². The molecular weight excluding hydrogens is 280 g/mol. The lowest BCUT2D eigenvalue weighted by molar-refractivity contribution is -0.364. The highest BCUT2D eigenvalue weighted by molar-refractivity contribution is 5.88. The van der Waals surface area contributed by atoms with Crippen LogP contribution in [0.15, 0.2) is 0 Å². The molecule has 0 amide bonds. The lowest BCUT2D eigenvalue weighted by atomic mass is 9.48. The maximum absolute atomic E-state index is 9.89. The van der Waals surface area contributed by atoms with Crippen molar-refractivity contribution in [1.29, 1.82) is 21.2 Å². The fourth-order valence-electron chi connectivity index (χ4n) is 4.51. The molecule has 4 fully saturated rings. The Labute approximate surface area is 129 Å². The summed E-state index contributed by atoms with van der Waals surface area (Å²) in [4.78, 5) is 0. The van der Waals surface area contributed by atoms with Crippen LogP contribution >= 0.6 is 0 Å². The highest BCUT2D eigenvalue weighted by Crippen LogP contribution is 2.66. The second-order valence-electron chi connectivity index (χ2n) is 6.78. The van der Waals surface area contributed by atoms with Crippen LogP contribution in [0.1, 0.15) is 39.5 Å². The van der Waals surface area contributed by atoms with E-state index in [0.29, 0.717) is 12.8 Å². The molecule has 2 bridgehead atoms. The van der Waals surface area contributed by atoms with Crippen LogP contribution in [-0.2, 0) is 9.47 Å². The van der Waals surface area contributed by atoms with Gasteiger partial charge in [0, 0.05) is 6.42 Å². The summed E-state index contributed by atoms with van der Waals surface area (Å²) in [5, 5.41) is 38.0. The zero-order chi connectivity index (χ0) is 16.2. The normalized spacial score (nSPS) is 41.7. The van der Waals surface area contributed by atoms with Crippen LogP contribution in [-0.4, -0.2) is 17.8 Å². The monoisotopic (exact) mass is 298 g/mol. The second kappa shape index (κ2) is 4.45. The van der Waals surface area contributed by atoms with Gasteiger partial charge in [-0.25, -0.2) is 0 Å². The predicted molar refractivity (Wildman–Crippen MR) is 74.9 cm³/mol. The number of hydrogen-bond acceptors (Lipinski definition) is 6. The van der Waals surface area contributed by atoms with Gasteiger partial charge in [0.15, 0.2) is 10.8 Å². The Morgan fingerprint density at radius 2 is 1.86 bits per heavy atom. The van der Waals surface area contributed by atoms with Crippen LogP contribution in [0.25, 0.3) is 0 Å². The van der Waals surface area contributed by atoms with E-state index in [4.69, 9.17) is 14.9 Å². The topological polar surface area (TPSA) is 114 Å². The minimum absolute atomic E-state index is 0.107. The molecule has 3 heterocycles. The van der Waals surface area contributed by atoms with Crippen LogP contribution in [0.2, 0.25) is 0 Å². The number of nitrogens with zero attached hydrogens (tertiary/aromatic N) is 3. The van der Waals surface area contributed by atoms with E-state index < -0.39 is 28.6 Å². The number of rotatable bonds is 1. The minimum atomic E-state index is -1.66. The molecule has 3 saturated heterocycles. The first-order valence-electron chi connectivity index (χ1n) is 7.63. The van der Waals surface area contributed by atoms with Crippen molar-refractivity contribution in [3.8, 4) is 18.2 Å². The van der Waals surface area contributed by atoms with Crippen LogP contribution in [0.3, 0.4) is 0 Å². The molecule has 0 unspecified atom stereocenters. The van der Waals surface area contributed by atoms with Crippen molar-refractivity contribution >= 4 is 5.90 Å². The molecule has 1 aliphatic carbocycles. The van der Waals surface area contributed by atoms with Crippen molar-refractivity contribution in [2.45, 2.75) is 51.4 Å². The average molecular weight is 298 g/mol. The molecule has 114 valence electrons. The van der Waals surface area contributed by atoms with E-state index in [1.807, 2.05) is 13.8 Å². The third kappa shape index (κ3) is 1.33. The predicted octanol–water partition coefficient (Wildman–Crippen LogP) is 2.48. The van der Waals surface area contributed by atoms with Gasteiger partial charge >= 0.3 is 0 Å². The Morgan fingerprint density at radius 1 is 1.18 bits per heavy atom. The summed E-state index contributed by atoms with van der Waals surface area (Å²) in [6.45, 7) is 3.76. The van der Waals surface area contributed by atoms with Crippen molar-refractivity contribution in [3.63, 3.8) is 0 Å². The van der Waals surface area contributed by atoms with Gasteiger partial charge in [0.25, 0.3) is 0 Å². The van der Waals surface area contributed by atoms with E-state index >= 15 is 0 Å². The summed E-state index contributed by atoms with van der Waals surface area (Å²) in [5.41, 5.74) is -3.25. The van der Waals surface area contributed by atoms with Crippen LogP contribution in [0.5, 0.6) is 0 Å². The molecule has 0 aromatic carbocycles. The third-order valence-corrected chi connectivity index (χ3v) is 5.46. The Hall–Kier alpha value is -2.10. The minimum Gasteiger partial charge on any atom is -0.447 e. The highest BCUT2D eigenvalue weighted by atomic mass is 16.7. The smallest absolute Gasteiger partial charge is 0.217 e. The number of nitriles is 3. The van der Waals surface area contributed by atoms with Gasteiger partial charge in [-0.3, -0.25) is 5.41 Å². The first kappa shape index (κ1) is 14.8. The van der Waals surface area contributed by atoms with Crippen molar-refractivity contribution in [1.82, 2.24) is 0 Å². The number of ether oxygens (including phenoxy) is 2. The van der Waals surface area contributed by atoms with Gasteiger partial charge in [-0.2, -0.15) is 15.8 Å². The summed E-state index contributed by atoms with van der Waals surface area (Å²) in [6.07, 6.45) is 2.19. The zero-order valence-electron chi connectivity index (χ0n) is 12.7. The van der Waals surface area contributed by atoms with E-state index in [0.717, 1.165) is 12.8 Å². The Balaban J connectivity index is 2.32. The fraction of sp³-hybridized carbons (Fsp3) is 0.750. The van der Waals surface area contributed by atoms with E-state index in [1.165, 1.54) is 0 Å². The molecular formula is C16H18N4O2. The summed E-state index contributed by atoms with van der Waals surface area (Å²) in [5.74, 6) is -1.98. The summed E-state index contributed by atoms with van der Waals surface area (Å²) in [7, 11) is 0. The summed E-state index contributed by atoms with van der Waals surface area (Å²) < 4.78 is 11.9. The molecule has 3 aliphatic heterocycles. The van der Waals surface area contributed by atoms with Gasteiger partial charge in [-0.1, -0.05) is 20.3 Å². The standard InChI is InChI=1S/C16H18N4O2/c1-10(2)12-15(9-19)13(20)22-16(21-12)6-4-3-5-11(16)14(15,7-17)8-18/h10-12,20H,3-6H2,1-2H3/t11-,12-,15+,16+/m0/s1. The fourth-order valence-corrected chi connectivity index (χ4v) is 4.51. The average Bonchev–Trinajstić information content (AvgIpc) is 2.52. The van der Waals surface area contributed by atoms with Gasteiger partial charge < -0.3 is 9.47 Å². The SMILES string of the molecule is CC(C)[C@@H]1O[C@@]23CCCC[C@H]2C(C#N)(C#N)[C@@]1(C#N)C(=N)O3. The van der Waals surface area contributed by atoms with Gasteiger partial charge in [-0.05, 0) is 18.8 Å². The van der Waals surface area contributed by atoms with Gasteiger partial charge in [0.05, 0.1) is 30.2 Å². The van der Waals surface area contributed by atoms with E-state index in [2.05, 4.69) is 18.2 Å². The Bertz CT molecular complexity index is 639. The molecule has 22 heavy (non-hydrogen) atoms. The third-order valence-electron chi connectivity index (χ3n) is 5.46. The Kier molecular flexibility index (Phi) is 3.00. The van der Waals surface area contributed by atoms with Crippen molar-refractivity contribution in [3.05, 3.63) is 0 Å². The molecule has 1 spiro atoms. The highest BCUT2D eigenvalue weighted by Gasteiger charge is 2.80. The largest absolute Gasteiger partial charge is 0.447 e. The zero-order valence-corrected chi connectivity index (χ0v) is 12.7. The van der Waals surface area contributed by atoms with Gasteiger partial charge in [-0.15, -0.1) is 0 Å². The molecule has 6 nitrogen and oxygen atoms in total. The first-order chi connectivity index (χ1) is 10.4. The lowest BCUT2D eigenvalue weighted by Gasteiger charge is -2.64. The lowest BCUT2D eigenvalue weighted by Crippen LogP contribution is -2.76. The summed E-state index contributed by atoms with van der Waals surface area (Å²) in [6, 6.07) is 6.32. The van der Waals surface area contributed by atoms with Crippen molar-refractivity contribution in [2.24, 2.45) is 22.7 Å². The van der Waals surface area contributed by atoms with Crippen molar-refractivity contribution in [2.75, 3.05) is 0 Å². The van der Waals surface area contributed by atoms with E-state index in [-0.39, 0.29) is 11.8 Å². The van der Waals surface area contributed by atoms with Crippen LogP contribution < -0.4 is 0 Å². The van der Waals surface area contributed by atoms with Crippen molar-refractivity contribution < 1.29 is 9.47 Å². The molecule has 4 atom stereocenters. The van der Waals surface area contributed by atoms with E-state index in [1.54, 1.807) is 0 Å². The molecule has 0 aromatic rings. The van der Waals surface area contributed by atoms with Gasteiger partial charge in [0.2, 0.25) is 11.7 Å². The first-order valence-corrected chi connectivity index (χ1v) is 7.63. The number of hydrogen-bond donors (Lipinski definition) is 1. The molecule has 0 aromatic heterocycles. The van der Waals surface area contributed by atoms with Gasteiger partial charge in [0.1, 0.15) is 0 Å². The quantitative estimate of drug-likeness (QED) is 0.798. The number of nitrogens with one attached hydrogen (secondary N) is 1. The maximum atomic E-state index is 9.89. The number of fused-ring (bicyclic) bond motifs is 2. The van der Waals surface area contributed by atoms with E-state index in [9.17, 15) is 15.8 Å². The Morgan fingerprint density at radius 3 is 2.41 bits per heavy atom. The maximum Gasteiger partial charge on any atom is 0.217 e.